The Morgan fingerprint density at radius 3 is 2.69 bits per heavy atom. The van der Waals surface area contributed by atoms with E-state index in [1.165, 1.54) is 29.0 Å². The van der Waals surface area contributed by atoms with E-state index in [1.54, 1.807) is 12.1 Å². The largest absolute Gasteiger partial charge is 0.492 e. The van der Waals surface area contributed by atoms with Crippen LogP contribution in [0.3, 0.4) is 0 Å². The molecule has 1 N–H and O–H groups in total. The molecular formula is C22H22BrFN2O2S. The highest BCUT2D eigenvalue weighted by Gasteiger charge is 2.09. The Hall–Kier alpha value is -2.25. The molecule has 0 spiro atoms. The van der Waals surface area contributed by atoms with Crippen LogP contribution in [-0.2, 0) is 4.79 Å². The fourth-order valence-corrected chi connectivity index (χ4v) is 3.92. The summed E-state index contributed by atoms with van der Waals surface area (Å²) in [7, 11) is 0. The van der Waals surface area contributed by atoms with Gasteiger partial charge in [-0.25, -0.2) is 9.37 Å². The normalized spacial score (nSPS) is 10.9. The SMILES string of the molecule is CC(C)c1ccc(OCCCC(=O)Nc2nc(-c3ccc(F)cc3)cs2)c(Br)c1. The van der Waals surface area contributed by atoms with Crippen LogP contribution in [0.25, 0.3) is 11.3 Å². The van der Waals surface area contributed by atoms with Gasteiger partial charge in [-0.3, -0.25) is 4.79 Å². The monoisotopic (exact) mass is 476 g/mol. The number of thiazole rings is 1. The van der Waals surface area contributed by atoms with Crippen molar-refractivity contribution in [2.24, 2.45) is 0 Å². The topological polar surface area (TPSA) is 51.2 Å². The fourth-order valence-electron chi connectivity index (χ4n) is 2.67. The van der Waals surface area contributed by atoms with Gasteiger partial charge in [0.1, 0.15) is 11.6 Å². The summed E-state index contributed by atoms with van der Waals surface area (Å²) in [6.45, 7) is 4.74. The maximum atomic E-state index is 13.0. The number of halogens is 2. The quantitative estimate of drug-likeness (QED) is 0.371. The third-order valence-electron chi connectivity index (χ3n) is 4.32. The van der Waals surface area contributed by atoms with E-state index in [9.17, 15) is 9.18 Å². The summed E-state index contributed by atoms with van der Waals surface area (Å²) in [5.74, 6) is 0.836. The van der Waals surface area contributed by atoms with E-state index in [1.807, 2.05) is 11.4 Å². The number of ether oxygens (including phenoxy) is 1. The van der Waals surface area contributed by atoms with Gasteiger partial charge in [0.05, 0.1) is 16.8 Å². The zero-order valence-electron chi connectivity index (χ0n) is 16.2. The molecule has 4 nitrogen and oxygen atoms in total. The molecule has 3 aromatic rings. The Morgan fingerprint density at radius 2 is 2.00 bits per heavy atom. The van der Waals surface area contributed by atoms with Gasteiger partial charge in [0.15, 0.2) is 5.13 Å². The van der Waals surface area contributed by atoms with Gasteiger partial charge in [0.25, 0.3) is 0 Å². The second-order valence-corrected chi connectivity index (χ2v) is 8.60. The standard InChI is InChI=1S/C22H22BrFN2O2S/c1-14(2)16-7-10-20(18(23)12-16)28-11-3-4-21(27)26-22-25-19(13-29-22)15-5-8-17(24)9-6-15/h5-10,12-14H,3-4,11H2,1-2H3,(H,25,26,27). The minimum atomic E-state index is -0.289. The Labute approximate surface area is 182 Å². The molecule has 0 aliphatic heterocycles. The Bertz CT molecular complexity index is 973. The van der Waals surface area contributed by atoms with E-state index in [4.69, 9.17) is 4.74 Å². The third-order valence-corrected chi connectivity index (χ3v) is 5.70. The summed E-state index contributed by atoms with van der Waals surface area (Å²) in [5.41, 5.74) is 2.76. The smallest absolute Gasteiger partial charge is 0.226 e. The van der Waals surface area contributed by atoms with Gasteiger partial charge in [-0.15, -0.1) is 11.3 Å². The highest BCUT2D eigenvalue weighted by atomic mass is 79.9. The number of carbonyl (C=O) groups is 1. The maximum absolute atomic E-state index is 13.0. The lowest BCUT2D eigenvalue weighted by atomic mass is 10.0. The average molecular weight is 477 g/mol. The van der Waals surface area contributed by atoms with Crippen molar-refractivity contribution in [2.75, 3.05) is 11.9 Å². The number of hydrogen-bond acceptors (Lipinski definition) is 4. The van der Waals surface area contributed by atoms with Crippen molar-refractivity contribution in [3.05, 3.63) is 63.7 Å². The molecule has 3 rings (SSSR count). The van der Waals surface area contributed by atoms with Gasteiger partial charge in [0.2, 0.25) is 5.91 Å². The van der Waals surface area contributed by atoms with Gasteiger partial charge in [-0.05, 0) is 70.2 Å². The summed E-state index contributed by atoms with van der Waals surface area (Å²) < 4.78 is 19.7. The van der Waals surface area contributed by atoms with E-state index in [2.05, 4.69) is 52.2 Å². The summed E-state index contributed by atoms with van der Waals surface area (Å²) in [5, 5.41) is 5.17. The number of hydrogen-bond donors (Lipinski definition) is 1. The van der Waals surface area contributed by atoms with Crippen LogP contribution in [0.5, 0.6) is 5.75 Å². The van der Waals surface area contributed by atoms with Crippen molar-refractivity contribution >= 4 is 38.3 Å². The van der Waals surface area contributed by atoms with Crippen LogP contribution in [0.2, 0.25) is 0 Å². The molecule has 0 saturated carbocycles. The van der Waals surface area contributed by atoms with Crippen LogP contribution in [0.4, 0.5) is 9.52 Å². The summed E-state index contributed by atoms with van der Waals surface area (Å²) in [4.78, 5) is 16.5. The number of anilines is 1. The third kappa shape index (κ3) is 6.11. The first-order valence-corrected chi connectivity index (χ1v) is 11.0. The van der Waals surface area contributed by atoms with Crippen molar-refractivity contribution < 1.29 is 13.9 Å². The first-order chi connectivity index (χ1) is 13.9. The van der Waals surface area contributed by atoms with Crippen LogP contribution in [0.1, 0.15) is 38.2 Å². The Kier molecular flexibility index (Phi) is 7.39. The number of carbonyl (C=O) groups excluding carboxylic acids is 1. The second kappa shape index (κ2) is 9.98. The predicted molar refractivity (Wildman–Crippen MR) is 119 cm³/mol. The zero-order chi connectivity index (χ0) is 20.8. The van der Waals surface area contributed by atoms with Crippen molar-refractivity contribution in [3.8, 4) is 17.0 Å². The molecule has 29 heavy (non-hydrogen) atoms. The fraction of sp³-hybridized carbons (Fsp3) is 0.273. The molecule has 0 radical (unpaired) electrons. The highest BCUT2D eigenvalue weighted by Crippen LogP contribution is 2.29. The molecule has 0 aliphatic carbocycles. The molecule has 152 valence electrons. The molecule has 1 heterocycles. The van der Waals surface area contributed by atoms with Crippen LogP contribution in [0, 0.1) is 5.82 Å². The number of aromatic nitrogens is 1. The minimum Gasteiger partial charge on any atom is -0.492 e. The van der Waals surface area contributed by atoms with Gasteiger partial charge < -0.3 is 10.1 Å². The number of amides is 1. The molecule has 1 aromatic heterocycles. The van der Waals surface area contributed by atoms with E-state index in [0.29, 0.717) is 36.2 Å². The van der Waals surface area contributed by atoms with E-state index in [-0.39, 0.29) is 11.7 Å². The molecule has 0 aliphatic rings. The van der Waals surface area contributed by atoms with Gasteiger partial charge in [-0.2, -0.15) is 0 Å². The van der Waals surface area contributed by atoms with Crippen molar-refractivity contribution in [3.63, 3.8) is 0 Å². The number of benzene rings is 2. The van der Waals surface area contributed by atoms with Crippen LogP contribution in [-0.4, -0.2) is 17.5 Å². The summed E-state index contributed by atoms with van der Waals surface area (Å²) >= 11 is 4.88. The van der Waals surface area contributed by atoms with Crippen molar-refractivity contribution in [1.82, 2.24) is 4.98 Å². The average Bonchev–Trinajstić information content (AvgIpc) is 3.15. The molecular weight excluding hydrogens is 455 g/mol. The van der Waals surface area contributed by atoms with Crippen molar-refractivity contribution in [1.29, 1.82) is 0 Å². The maximum Gasteiger partial charge on any atom is 0.226 e. The number of nitrogens with zero attached hydrogens (tertiary/aromatic N) is 1. The highest BCUT2D eigenvalue weighted by molar-refractivity contribution is 9.10. The Morgan fingerprint density at radius 1 is 1.24 bits per heavy atom. The van der Waals surface area contributed by atoms with Crippen LogP contribution >= 0.6 is 27.3 Å². The summed E-state index contributed by atoms with van der Waals surface area (Å²) in [6.07, 6.45) is 0.938. The first-order valence-electron chi connectivity index (χ1n) is 9.36. The van der Waals surface area contributed by atoms with E-state index >= 15 is 0 Å². The van der Waals surface area contributed by atoms with Gasteiger partial charge in [-0.1, -0.05) is 19.9 Å². The zero-order valence-corrected chi connectivity index (χ0v) is 18.6. The molecule has 0 unspecified atom stereocenters. The van der Waals surface area contributed by atoms with Gasteiger partial charge >= 0.3 is 0 Å². The first kappa shape index (κ1) is 21.5. The molecule has 0 fully saturated rings. The van der Waals surface area contributed by atoms with Crippen molar-refractivity contribution in [2.45, 2.75) is 32.6 Å². The molecule has 2 aromatic carbocycles. The number of rotatable bonds is 8. The molecule has 7 heteroatoms. The van der Waals surface area contributed by atoms with E-state index in [0.717, 1.165) is 15.8 Å². The molecule has 0 bridgehead atoms. The predicted octanol–water partition coefficient (Wildman–Crippen LogP) is 6.63. The molecule has 0 atom stereocenters. The van der Waals surface area contributed by atoms with Crippen LogP contribution < -0.4 is 10.1 Å². The van der Waals surface area contributed by atoms with E-state index < -0.39 is 0 Å². The lowest BCUT2D eigenvalue weighted by Gasteiger charge is -2.11. The summed E-state index contributed by atoms with van der Waals surface area (Å²) in [6, 6.07) is 12.2. The number of nitrogens with one attached hydrogen (secondary N) is 1. The second-order valence-electron chi connectivity index (χ2n) is 6.89. The van der Waals surface area contributed by atoms with Gasteiger partial charge in [0, 0.05) is 17.4 Å². The molecule has 0 saturated heterocycles. The lowest BCUT2D eigenvalue weighted by molar-refractivity contribution is -0.116. The molecule has 1 amide bonds. The lowest BCUT2D eigenvalue weighted by Crippen LogP contribution is -2.12. The van der Waals surface area contributed by atoms with Crippen LogP contribution in [0.15, 0.2) is 52.3 Å². The minimum absolute atomic E-state index is 0.108. The Balaban J connectivity index is 1.44.